The molecular formula is C17H22N2O2. The summed E-state index contributed by atoms with van der Waals surface area (Å²) < 4.78 is 5.33. The average Bonchev–Trinajstić information content (AvgIpc) is 2.94. The first-order chi connectivity index (χ1) is 10.1. The molecule has 1 saturated carbocycles. The molecule has 0 radical (unpaired) electrons. The molecule has 1 fully saturated rings. The Balaban J connectivity index is 2.06. The Morgan fingerprint density at radius 2 is 2.29 bits per heavy atom. The maximum atomic E-state index is 12.3. The standard InChI is InChI=1S/C17H22N2O2/c1-12-5-6-14(10-13(12)4-3-9-18)17(20)19-15-7-8-16(11-15)21-2/h5-6,10,15-16H,7-9,11,18H2,1-2H3,(H,19,20). The van der Waals surface area contributed by atoms with Gasteiger partial charge in [-0.15, -0.1) is 0 Å². The summed E-state index contributed by atoms with van der Waals surface area (Å²) in [6, 6.07) is 5.78. The zero-order chi connectivity index (χ0) is 15.2. The maximum absolute atomic E-state index is 12.3. The molecule has 0 aromatic heterocycles. The van der Waals surface area contributed by atoms with Gasteiger partial charge in [-0.05, 0) is 43.9 Å². The number of carbonyl (C=O) groups is 1. The van der Waals surface area contributed by atoms with Crippen molar-refractivity contribution in [2.75, 3.05) is 13.7 Å². The van der Waals surface area contributed by atoms with Gasteiger partial charge >= 0.3 is 0 Å². The molecule has 2 rings (SSSR count). The van der Waals surface area contributed by atoms with E-state index in [9.17, 15) is 4.79 Å². The van der Waals surface area contributed by atoms with Crippen LogP contribution in [0.5, 0.6) is 0 Å². The van der Waals surface area contributed by atoms with Gasteiger partial charge in [0.2, 0.25) is 0 Å². The minimum atomic E-state index is -0.0486. The van der Waals surface area contributed by atoms with Crippen LogP contribution >= 0.6 is 0 Å². The lowest BCUT2D eigenvalue weighted by Gasteiger charge is -2.13. The van der Waals surface area contributed by atoms with Gasteiger partial charge in [-0.25, -0.2) is 0 Å². The summed E-state index contributed by atoms with van der Waals surface area (Å²) in [7, 11) is 1.72. The second kappa shape index (κ2) is 7.26. The third-order valence-corrected chi connectivity index (χ3v) is 3.88. The second-order valence-electron chi connectivity index (χ2n) is 5.38. The van der Waals surface area contributed by atoms with Crippen molar-refractivity contribution in [1.82, 2.24) is 5.32 Å². The minimum absolute atomic E-state index is 0.0486. The number of carbonyl (C=O) groups excluding carboxylic acids is 1. The molecule has 1 aliphatic carbocycles. The first-order valence-corrected chi connectivity index (χ1v) is 7.27. The number of rotatable bonds is 3. The van der Waals surface area contributed by atoms with E-state index in [1.807, 2.05) is 25.1 Å². The van der Waals surface area contributed by atoms with Gasteiger partial charge in [0.25, 0.3) is 5.91 Å². The Bertz CT molecular complexity index is 572. The zero-order valence-electron chi connectivity index (χ0n) is 12.6. The van der Waals surface area contributed by atoms with Crippen molar-refractivity contribution >= 4 is 5.91 Å². The fourth-order valence-corrected chi connectivity index (χ4v) is 2.60. The van der Waals surface area contributed by atoms with Gasteiger partial charge in [0, 0.05) is 24.3 Å². The molecule has 1 aliphatic rings. The molecule has 1 amide bonds. The van der Waals surface area contributed by atoms with E-state index in [4.69, 9.17) is 10.5 Å². The molecule has 0 bridgehead atoms. The van der Waals surface area contributed by atoms with Gasteiger partial charge in [-0.3, -0.25) is 4.79 Å². The number of nitrogens with one attached hydrogen (secondary N) is 1. The van der Waals surface area contributed by atoms with Gasteiger partial charge < -0.3 is 15.8 Å². The predicted octanol–water partition coefficient (Wildman–Crippen LogP) is 1.60. The van der Waals surface area contributed by atoms with E-state index in [1.165, 1.54) is 0 Å². The fraction of sp³-hybridized carbons (Fsp3) is 0.471. The highest BCUT2D eigenvalue weighted by atomic mass is 16.5. The SMILES string of the molecule is COC1CCC(NC(=O)c2ccc(C)c(C#CCN)c2)C1. The summed E-state index contributed by atoms with van der Waals surface area (Å²) in [5.41, 5.74) is 7.94. The number of amides is 1. The quantitative estimate of drug-likeness (QED) is 0.830. The number of methoxy groups -OCH3 is 1. The van der Waals surface area contributed by atoms with Crippen LogP contribution in [-0.2, 0) is 4.74 Å². The lowest BCUT2D eigenvalue weighted by molar-refractivity contribution is 0.0915. The summed E-state index contributed by atoms with van der Waals surface area (Å²) >= 11 is 0. The summed E-state index contributed by atoms with van der Waals surface area (Å²) in [5.74, 6) is 5.78. The van der Waals surface area contributed by atoms with E-state index in [-0.39, 0.29) is 18.1 Å². The summed E-state index contributed by atoms with van der Waals surface area (Å²) in [5, 5.41) is 3.07. The monoisotopic (exact) mass is 286 g/mol. The van der Waals surface area contributed by atoms with E-state index in [2.05, 4.69) is 17.2 Å². The second-order valence-corrected chi connectivity index (χ2v) is 5.38. The highest BCUT2D eigenvalue weighted by Crippen LogP contribution is 2.22. The van der Waals surface area contributed by atoms with Crippen LogP contribution in [0.1, 0.15) is 40.7 Å². The topological polar surface area (TPSA) is 64.3 Å². The number of nitrogens with two attached hydrogens (primary N) is 1. The largest absolute Gasteiger partial charge is 0.381 e. The van der Waals surface area contributed by atoms with Gasteiger partial charge in [-0.2, -0.15) is 0 Å². The van der Waals surface area contributed by atoms with E-state index in [1.54, 1.807) is 7.11 Å². The average molecular weight is 286 g/mol. The number of aryl methyl sites for hydroxylation is 1. The lowest BCUT2D eigenvalue weighted by atomic mass is 10.0. The van der Waals surface area contributed by atoms with Crippen LogP contribution in [0.4, 0.5) is 0 Å². The van der Waals surface area contributed by atoms with Crippen LogP contribution in [0.15, 0.2) is 18.2 Å². The zero-order valence-corrected chi connectivity index (χ0v) is 12.6. The van der Waals surface area contributed by atoms with E-state index >= 15 is 0 Å². The van der Waals surface area contributed by atoms with E-state index in [0.717, 1.165) is 30.4 Å². The molecule has 0 aliphatic heterocycles. The van der Waals surface area contributed by atoms with Crippen LogP contribution < -0.4 is 11.1 Å². The molecular weight excluding hydrogens is 264 g/mol. The van der Waals surface area contributed by atoms with E-state index in [0.29, 0.717) is 12.1 Å². The normalized spacial score (nSPS) is 20.7. The Morgan fingerprint density at radius 1 is 1.48 bits per heavy atom. The van der Waals surface area contributed by atoms with Crippen molar-refractivity contribution in [3.05, 3.63) is 34.9 Å². The van der Waals surface area contributed by atoms with Crippen molar-refractivity contribution in [1.29, 1.82) is 0 Å². The van der Waals surface area contributed by atoms with Gasteiger partial charge in [0.05, 0.1) is 12.6 Å². The van der Waals surface area contributed by atoms with Crippen LogP contribution in [0.3, 0.4) is 0 Å². The molecule has 4 heteroatoms. The summed E-state index contributed by atoms with van der Waals surface area (Å²) in [6.45, 7) is 2.29. The van der Waals surface area contributed by atoms with Gasteiger partial charge in [-0.1, -0.05) is 17.9 Å². The highest BCUT2D eigenvalue weighted by Gasteiger charge is 2.25. The summed E-state index contributed by atoms with van der Waals surface area (Å²) in [4.78, 5) is 12.3. The third-order valence-electron chi connectivity index (χ3n) is 3.88. The van der Waals surface area contributed by atoms with Crippen molar-refractivity contribution in [3.8, 4) is 11.8 Å². The molecule has 0 spiro atoms. The maximum Gasteiger partial charge on any atom is 0.251 e. The van der Waals surface area contributed by atoms with Gasteiger partial charge in [0.15, 0.2) is 0 Å². The molecule has 1 aromatic rings. The van der Waals surface area contributed by atoms with Crippen LogP contribution in [0, 0.1) is 18.8 Å². The molecule has 0 heterocycles. The number of hydrogen-bond donors (Lipinski definition) is 2. The Kier molecular flexibility index (Phi) is 5.38. The molecule has 4 nitrogen and oxygen atoms in total. The Labute approximate surface area is 126 Å². The van der Waals surface area contributed by atoms with Crippen molar-refractivity contribution < 1.29 is 9.53 Å². The van der Waals surface area contributed by atoms with Crippen LogP contribution in [-0.4, -0.2) is 31.7 Å². The molecule has 3 N–H and O–H groups in total. The van der Waals surface area contributed by atoms with Gasteiger partial charge in [0.1, 0.15) is 0 Å². The first kappa shape index (κ1) is 15.6. The van der Waals surface area contributed by atoms with Crippen LogP contribution in [0.25, 0.3) is 0 Å². The Morgan fingerprint density at radius 3 is 2.95 bits per heavy atom. The number of hydrogen-bond acceptors (Lipinski definition) is 3. The number of ether oxygens (including phenoxy) is 1. The predicted molar refractivity (Wildman–Crippen MR) is 83.0 cm³/mol. The molecule has 21 heavy (non-hydrogen) atoms. The van der Waals surface area contributed by atoms with Crippen LogP contribution in [0.2, 0.25) is 0 Å². The highest BCUT2D eigenvalue weighted by molar-refractivity contribution is 5.94. The first-order valence-electron chi connectivity index (χ1n) is 7.27. The molecule has 2 unspecified atom stereocenters. The summed E-state index contributed by atoms with van der Waals surface area (Å²) in [6.07, 6.45) is 3.12. The fourth-order valence-electron chi connectivity index (χ4n) is 2.60. The third kappa shape index (κ3) is 4.07. The smallest absolute Gasteiger partial charge is 0.251 e. The minimum Gasteiger partial charge on any atom is -0.381 e. The number of benzene rings is 1. The molecule has 112 valence electrons. The lowest BCUT2D eigenvalue weighted by Crippen LogP contribution is -2.33. The van der Waals surface area contributed by atoms with Crippen molar-refractivity contribution in [2.24, 2.45) is 5.73 Å². The Hall–Kier alpha value is -1.83. The van der Waals surface area contributed by atoms with E-state index < -0.39 is 0 Å². The molecule has 2 atom stereocenters. The molecule has 1 aromatic carbocycles. The molecule has 0 saturated heterocycles. The van der Waals surface area contributed by atoms with Crippen molar-refractivity contribution in [3.63, 3.8) is 0 Å². The van der Waals surface area contributed by atoms with Crippen molar-refractivity contribution in [2.45, 2.75) is 38.3 Å².